The fraction of sp³-hybridized carbons (Fsp3) is 0.217. The van der Waals surface area contributed by atoms with E-state index in [0.29, 0.717) is 23.1 Å². The van der Waals surface area contributed by atoms with E-state index in [0.717, 1.165) is 16.8 Å². The van der Waals surface area contributed by atoms with E-state index in [1.807, 2.05) is 45.0 Å². The molecular weight excluding hydrogens is 409 g/mol. The number of anilines is 1. The van der Waals surface area contributed by atoms with Crippen molar-refractivity contribution in [1.82, 2.24) is 25.3 Å². The Balaban J connectivity index is 1.86. The Morgan fingerprint density at radius 1 is 1.19 bits per heavy atom. The number of imidazole rings is 1. The first-order valence-corrected chi connectivity index (χ1v) is 10.2. The van der Waals surface area contributed by atoms with Gasteiger partial charge in [0, 0.05) is 30.1 Å². The number of aromatic amines is 1. The molecule has 0 fully saturated rings. The van der Waals surface area contributed by atoms with Gasteiger partial charge in [-0.1, -0.05) is 6.07 Å². The van der Waals surface area contributed by atoms with Crippen LogP contribution in [0.3, 0.4) is 0 Å². The molecule has 0 bridgehead atoms. The second-order valence-corrected chi connectivity index (χ2v) is 7.98. The van der Waals surface area contributed by atoms with Gasteiger partial charge in [0.15, 0.2) is 0 Å². The van der Waals surface area contributed by atoms with Crippen molar-refractivity contribution in [3.63, 3.8) is 0 Å². The molecule has 0 saturated heterocycles. The first-order chi connectivity index (χ1) is 15.3. The number of carbonyl (C=O) groups excluding carboxylic acids is 1. The molecule has 0 saturated carbocycles. The van der Waals surface area contributed by atoms with E-state index < -0.39 is 11.4 Å². The summed E-state index contributed by atoms with van der Waals surface area (Å²) in [6, 6.07) is 9.97. The van der Waals surface area contributed by atoms with E-state index >= 15 is 0 Å². The first kappa shape index (κ1) is 21.4. The molecule has 3 heterocycles. The van der Waals surface area contributed by atoms with Crippen LogP contribution in [0.1, 0.15) is 26.5 Å². The summed E-state index contributed by atoms with van der Waals surface area (Å²) in [4.78, 5) is 28.2. The van der Waals surface area contributed by atoms with Crippen LogP contribution in [-0.2, 0) is 5.54 Å². The Kier molecular flexibility index (Phi) is 5.58. The van der Waals surface area contributed by atoms with Crippen LogP contribution in [0.15, 0.2) is 48.8 Å². The lowest BCUT2D eigenvalue weighted by atomic mass is 9.98. The van der Waals surface area contributed by atoms with Crippen molar-refractivity contribution in [3.8, 4) is 22.4 Å². The van der Waals surface area contributed by atoms with Gasteiger partial charge in [0.05, 0.1) is 16.7 Å². The fourth-order valence-corrected chi connectivity index (χ4v) is 3.37. The van der Waals surface area contributed by atoms with Crippen molar-refractivity contribution < 1.29 is 9.18 Å². The Hall–Kier alpha value is -3.85. The van der Waals surface area contributed by atoms with Gasteiger partial charge in [-0.05, 0) is 56.7 Å². The SMILES string of the molecule is CCNC(=O)Nc1nc2c(-c3ncccc3F)cc(-c3ccc(C(C)(C)N)nc3)cc2[nH]1. The van der Waals surface area contributed by atoms with Crippen LogP contribution < -0.4 is 16.4 Å². The third-order valence-corrected chi connectivity index (χ3v) is 4.93. The number of hydrogen-bond donors (Lipinski definition) is 4. The number of halogens is 1. The molecule has 0 spiro atoms. The molecule has 5 N–H and O–H groups in total. The van der Waals surface area contributed by atoms with Crippen molar-refractivity contribution >= 4 is 23.0 Å². The molecule has 0 aliphatic carbocycles. The normalized spacial score (nSPS) is 11.5. The maximum absolute atomic E-state index is 14.6. The van der Waals surface area contributed by atoms with Crippen LogP contribution in [0.2, 0.25) is 0 Å². The van der Waals surface area contributed by atoms with Crippen LogP contribution >= 0.6 is 0 Å². The number of carbonyl (C=O) groups is 1. The lowest BCUT2D eigenvalue weighted by molar-refractivity contribution is 0.252. The smallest absolute Gasteiger partial charge is 0.321 e. The molecule has 0 aliphatic heterocycles. The predicted molar refractivity (Wildman–Crippen MR) is 122 cm³/mol. The Morgan fingerprint density at radius 3 is 2.66 bits per heavy atom. The fourth-order valence-electron chi connectivity index (χ4n) is 3.37. The quantitative estimate of drug-likeness (QED) is 0.376. The van der Waals surface area contributed by atoms with Crippen molar-refractivity contribution in [3.05, 3.63) is 60.3 Å². The summed E-state index contributed by atoms with van der Waals surface area (Å²) in [6.45, 7) is 6.06. The van der Waals surface area contributed by atoms with Crippen LogP contribution in [0.25, 0.3) is 33.4 Å². The Morgan fingerprint density at radius 2 is 2.00 bits per heavy atom. The second-order valence-electron chi connectivity index (χ2n) is 7.98. The largest absolute Gasteiger partial charge is 0.338 e. The van der Waals surface area contributed by atoms with E-state index in [4.69, 9.17) is 5.73 Å². The van der Waals surface area contributed by atoms with Gasteiger partial charge in [-0.15, -0.1) is 0 Å². The van der Waals surface area contributed by atoms with Gasteiger partial charge in [-0.3, -0.25) is 15.3 Å². The van der Waals surface area contributed by atoms with Crippen LogP contribution in [0, 0.1) is 5.82 Å². The molecule has 4 aromatic rings. The second kappa shape index (κ2) is 8.35. The average Bonchev–Trinajstić information content (AvgIpc) is 3.15. The van der Waals surface area contributed by atoms with Crippen LogP contribution in [-0.4, -0.2) is 32.5 Å². The number of rotatable bonds is 5. The van der Waals surface area contributed by atoms with Gasteiger partial charge >= 0.3 is 6.03 Å². The van der Waals surface area contributed by atoms with Gasteiger partial charge in [-0.2, -0.15) is 0 Å². The third-order valence-electron chi connectivity index (χ3n) is 4.93. The standard InChI is InChI=1S/C23H24FN7O/c1-4-26-22(32)31-21-29-17-11-14(13-7-8-18(28-12-13)23(2,3)25)10-15(20(17)30-21)19-16(24)6-5-9-27-19/h5-12H,4,25H2,1-3H3,(H3,26,29,30,31,32). The number of H-pyrrole nitrogens is 1. The van der Waals surface area contributed by atoms with Gasteiger partial charge in [0.2, 0.25) is 5.95 Å². The highest BCUT2D eigenvalue weighted by molar-refractivity contribution is 5.98. The summed E-state index contributed by atoms with van der Waals surface area (Å²) < 4.78 is 14.6. The first-order valence-electron chi connectivity index (χ1n) is 10.2. The third kappa shape index (κ3) is 4.28. The minimum absolute atomic E-state index is 0.170. The molecule has 32 heavy (non-hydrogen) atoms. The molecule has 8 nitrogen and oxygen atoms in total. The topological polar surface area (TPSA) is 122 Å². The molecular formula is C23H24FN7O. The van der Waals surface area contributed by atoms with Gasteiger partial charge < -0.3 is 16.0 Å². The van der Waals surface area contributed by atoms with Crippen molar-refractivity contribution in [2.75, 3.05) is 11.9 Å². The monoisotopic (exact) mass is 433 g/mol. The Bertz CT molecular complexity index is 1280. The number of urea groups is 1. The summed E-state index contributed by atoms with van der Waals surface area (Å²) in [7, 11) is 0. The van der Waals surface area contributed by atoms with Gasteiger partial charge in [0.25, 0.3) is 0 Å². The van der Waals surface area contributed by atoms with E-state index in [9.17, 15) is 9.18 Å². The molecule has 164 valence electrons. The van der Waals surface area contributed by atoms with Crippen LogP contribution in [0.5, 0.6) is 0 Å². The minimum atomic E-state index is -0.562. The number of nitrogens with two attached hydrogens (primary N) is 1. The van der Waals surface area contributed by atoms with E-state index in [1.54, 1.807) is 6.20 Å². The molecule has 0 atom stereocenters. The molecule has 0 unspecified atom stereocenters. The number of fused-ring (bicyclic) bond motifs is 1. The van der Waals surface area contributed by atoms with E-state index in [2.05, 4.69) is 30.6 Å². The lowest BCUT2D eigenvalue weighted by Crippen LogP contribution is -2.29. The summed E-state index contributed by atoms with van der Waals surface area (Å²) in [5, 5.41) is 5.30. The zero-order valence-corrected chi connectivity index (χ0v) is 18.0. The van der Waals surface area contributed by atoms with Crippen LogP contribution in [0.4, 0.5) is 15.1 Å². The molecule has 2 amide bonds. The zero-order chi connectivity index (χ0) is 22.9. The summed E-state index contributed by atoms with van der Waals surface area (Å²) in [6.07, 6.45) is 3.25. The van der Waals surface area contributed by atoms with Crippen molar-refractivity contribution in [2.45, 2.75) is 26.3 Å². The summed E-state index contributed by atoms with van der Waals surface area (Å²) >= 11 is 0. The highest BCUT2D eigenvalue weighted by Gasteiger charge is 2.18. The van der Waals surface area contributed by atoms with Crippen molar-refractivity contribution in [1.29, 1.82) is 0 Å². The van der Waals surface area contributed by atoms with E-state index in [1.165, 1.54) is 18.3 Å². The molecule has 3 aromatic heterocycles. The molecule has 4 rings (SSSR count). The average molecular weight is 433 g/mol. The number of pyridine rings is 2. The number of aromatic nitrogens is 4. The maximum Gasteiger partial charge on any atom is 0.321 e. The highest BCUT2D eigenvalue weighted by Crippen LogP contribution is 2.34. The maximum atomic E-state index is 14.6. The molecule has 0 radical (unpaired) electrons. The molecule has 1 aromatic carbocycles. The predicted octanol–water partition coefficient (Wildman–Crippen LogP) is 4.16. The number of benzene rings is 1. The lowest BCUT2D eigenvalue weighted by Gasteiger charge is -2.18. The minimum Gasteiger partial charge on any atom is -0.338 e. The molecule has 9 heteroatoms. The Labute approximate surface area is 184 Å². The number of amides is 2. The zero-order valence-electron chi connectivity index (χ0n) is 18.0. The van der Waals surface area contributed by atoms with Gasteiger partial charge in [0.1, 0.15) is 17.0 Å². The van der Waals surface area contributed by atoms with E-state index in [-0.39, 0.29) is 17.7 Å². The van der Waals surface area contributed by atoms with Crippen molar-refractivity contribution in [2.24, 2.45) is 5.73 Å². The number of nitrogens with zero attached hydrogens (tertiary/aromatic N) is 3. The van der Waals surface area contributed by atoms with Gasteiger partial charge in [-0.25, -0.2) is 14.2 Å². The number of nitrogens with one attached hydrogen (secondary N) is 3. The summed E-state index contributed by atoms with van der Waals surface area (Å²) in [5.74, 6) is -0.218. The number of hydrogen-bond acceptors (Lipinski definition) is 5. The molecule has 0 aliphatic rings. The summed E-state index contributed by atoms with van der Waals surface area (Å²) in [5.41, 5.74) is 9.73. The highest BCUT2D eigenvalue weighted by atomic mass is 19.1.